The normalized spacial score (nSPS) is 23.4. The summed E-state index contributed by atoms with van der Waals surface area (Å²) in [4.78, 5) is 39.7. The Labute approximate surface area is 152 Å². The zero-order valence-corrected chi connectivity index (χ0v) is 14.7. The minimum atomic E-state index is -0.439. The third kappa shape index (κ3) is 2.95. The van der Waals surface area contributed by atoms with Gasteiger partial charge in [-0.3, -0.25) is 19.7 Å². The van der Waals surface area contributed by atoms with Crippen LogP contribution in [0, 0.1) is 16.0 Å². The molecule has 138 valence electrons. The van der Waals surface area contributed by atoms with Crippen LogP contribution in [-0.4, -0.2) is 40.8 Å². The molecule has 0 radical (unpaired) electrons. The molecule has 2 fully saturated rings. The standard InChI is InChI=1S/C19H23N3O4/c23-18-10-14(12-21(18)15-4-2-1-3-5-15)19(24)20-9-8-13-6-7-16(22(25)26)11-17(13)20/h6-7,11,14-15H,1-5,8-10,12H2. The van der Waals surface area contributed by atoms with Crippen molar-refractivity contribution >= 4 is 23.2 Å². The van der Waals surface area contributed by atoms with Crippen LogP contribution in [0.15, 0.2) is 18.2 Å². The van der Waals surface area contributed by atoms with Gasteiger partial charge in [0.05, 0.1) is 16.5 Å². The number of hydrogen-bond acceptors (Lipinski definition) is 4. The Bertz CT molecular complexity index is 757. The highest BCUT2D eigenvalue weighted by Gasteiger charge is 2.41. The van der Waals surface area contributed by atoms with Crippen LogP contribution in [0.1, 0.15) is 44.1 Å². The predicted molar refractivity (Wildman–Crippen MR) is 95.8 cm³/mol. The number of nitrogens with zero attached hydrogens (tertiary/aromatic N) is 3. The molecule has 1 aromatic carbocycles. The molecule has 7 nitrogen and oxygen atoms in total. The number of rotatable bonds is 3. The van der Waals surface area contributed by atoms with Gasteiger partial charge in [-0.2, -0.15) is 0 Å². The number of hydrogen-bond donors (Lipinski definition) is 0. The summed E-state index contributed by atoms with van der Waals surface area (Å²) in [5.41, 5.74) is 1.58. The van der Waals surface area contributed by atoms with Crippen molar-refractivity contribution in [3.63, 3.8) is 0 Å². The van der Waals surface area contributed by atoms with Gasteiger partial charge in [-0.05, 0) is 24.8 Å². The van der Waals surface area contributed by atoms with Crippen LogP contribution in [0.5, 0.6) is 0 Å². The quantitative estimate of drug-likeness (QED) is 0.615. The van der Waals surface area contributed by atoms with Gasteiger partial charge < -0.3 is 9.80 Å². The molecular formula is C19H23N3O4. The highest BCUT2D eigenvalue weighted by Crippen LogP contribution is 2.35. The molecule has 1 aliphatic carbocycles. The number of amides is 2. The van der Waals surface area contributed by atoms with Crippen molar-refractivity contribution in [2.24, 2.45) is 5.92 Å². The van der Waals surface area contributed by atoms with Crippen molar-refractivity contribution in [2.75, 3.05) is 18.0 Å². The van der Waals surface area contributed by atoms with E-state index in [1.807, 2.05) is 4.90 Å². The molecule has 26 heavy (non-hydrogen) atoms. The SMILES string of the molecule is O=C(C1CC(=O)N(C2CCCCC2)C1)N1CCc2ccc([N+](=O)[O-])cc21. The average Bonchev–Trinajstić information content (AvgIpc) is 3.25. The van der Waals surface area contributed by atoms with Gasteiger partial charge in [0.15, 0.2) is 0 Å². The van der Waals surface area contributed by atoms with Crippen LogP contribution in [0.25, 0.3) is 0 Å². The number of carbonyl (C=O) groups excluding carboxylic acids is 2. The molecule has 1 saturated carbocycles. The Hall–Kier alpha value is -2.44. The number of nitro groups is 1. The third-order valence-electron chi connectivity index (χ3n) is 5.96. The molecule has 0 aromatic heterocycles. The molecule has 0 spiro atoms. The van der Waals surface area contributed by atoms with E-state index in [2.05, 4.69) is 0 Å². The molecule has 2 aliphatic heterocycles. The monoisotopic (exact) mass is 357 g/mol. The number of nitro benzene ring substituents is 1. The fourth-order valence-corrected chi connectivity index (χ4v) is 4.57. The maximum absolute atomic E-state index is 13.0. The topological polar surface area (TPSA) is 83.8 Å². The van der Waals surface area contributed by atoms with E-state index < -0.39 is 4.92 Å². The Morgan fingerprint density at radius 2 is 1.96 bits per heavy atom. The highest BCUT2D eigenvalue weighted by molar-refractivity contribution is 6.00. The maximum atomic E-state index is 13.0. The van der Waals surface area contributed by atoms with Crippen LogP contribution in [0.2, 0.25) is 0 Å². The van der Waals surface area contributed by atoms with Gasteiger partial charge >= 0.3 is 0 Å². The van der Waals surface area contributed by atoms with Crippen molar-refractivity contribution < 1.29 is 14.5 Å². The van der Waals surface area contributed by atoms with E-state index in [4.69, 9.17) is 0 Å². The fourth-order valence-electron chi connectivity index (χ4n) is 4.57. The van der Waals surface area contributed by atoms with Gasteiger partial charge in [0.1, 0.15) is 0 Å². The first kappa shape index (κ1) is 17.0. The van der Waals surface area contributed by atoms with E-state index in [1.165, 1.54) is 18.6 Å². The lowest BCUT2D eigenvalue weighted by molar-refractivity contribution is -0.384. The minimum Gasteiger partial charge on any atom is -0.339 e. The number of likely N-dealkylation sites (tertiary alicyclic amines) is 1. The van der Waals surface area contributed by atoms with E-state index >= 15 is 0 Å². The number of anilines is 1. The highest BCUT2D eigenvalue weighted by atomic mass is 16.6. The Morgan fingerprint density at radius 3 is 2.69 bits per heavy atom. The minimum absolute atomic E-state index is 0.00483. The molecule has 2 amide bonds. The van der Waals surface area contributed by atoms with Crippen molar-refractivity contribution in [3.8, 4) is 0 Å². The molecule has 4 rings (SSSR count). The lowest BCUT2D eigenvalue weighted by Crippen LogP contribution is -2.40. The molecule has 1 saturated heterocycles. The average molecular weight is 357 g/mol. The van der Waals surface area contributed by atoms with Gasteiger partial charge in [-0.25, -0.2) is 0 Å². The summed E-state index contributed by atoms with van der Waals surface area (Å²) < 4.78 is 0. The first-order chi connectivity index (χ1) is 12.5. The number of carbonyl (C=O) groups is 2. The molecule has 3 aliphatic rings. The van der Waals surface area contributed by atoms with Crippen LogP contribution >= 0.6 is 0 Å². The largest absolute Gasteiger partial charge is 0.339 e. The fraction of sp³-hybridized carbons (Fsp3) is 0.579. The summed E-state index contributed by atoms with van der Waals surface area (Å²) in [6.45, 7) is 1.02. The van der Waals surface area contributed by atoms with Gasteiger partial charge in [0.25, 0.3) is 5.69 Å². The van der Waals surface area contributed by atoms with E-state index in [9.17, 15) is 19.7 Å². The second-order valence-corrected chi connectivity index (χ2v) is 7.55. The maximum Gasteiger partial charge on any atom is 0.271 e. The van der Waals surface area contributed by atoms with Crippen LogP contribution in [-0.2, 0) is 16.0 Å². The van der Waals surface area contributed by atoms with Crippen molar-refractivity contribution in [1.29, 1.82) is 0 Å². The Kier molecular flexibility index (Phi) is 4.38. The Balaban J connectivity index is 1.50. The second kappa shape index (κ2) is 6.70. The van der Waals surface area contributed by atoms with E-state index in [0.717, 1.165) is 31.2 Å². The van der Waals surface area contributed by atoms with Crippen LogP contribution in [0.4, 0.5) is 11.4 Å². The van der Waals surface area contributed by atoms with Gasteiger partial charge in [0.2, 0.25) is 11.8 Å². The number of benzene rings is 1. The van der Waals surface area contributed by atoms with Crippen molar-refractivity contribution in [3.05, 3.63) is 33.9 Å². The van der Waals surface area contributed by atoms with Crippen LogP contribution in [0.3, 0.4) is 0 Å². The van der Waals surface area contributed by atoms with E-state index in [-0.39, 0.29) is 35.9 Å². The second-order valence-electron chi connectivity index (χ2n) is 7.55. The third-order valence-corrected chi connectivity index (χ3v) is 5.96. The molecule has 1 aromatic rings. The van der Waals surface area contributed by atoms with Gasteiger partial charge in [-0.1, -0.05) is 25.3 Å². The predicted octanol–water partition coefficient (Wildman–Crippen LogP) is 2.67. The lowest BCUT2D eigenvalue weighted by atomic mass is 9.94. The van der Waals surface area contributed by atoms with Crippen molar-refractivity contribution in [2.45, 2.75) is 51.0 Å². The van der Waals surface area contributed by atoms with Gasteiger partial charge in [-0.15, -0.1) is 0 Å². The zero-order chi connectivity index (χ0) is 18.3. The lowest BCUT2D eigenvalue weighted by Gasteiger charge is -2.31. The van der Waals surface area contributed by atoms with Crippen LogP contribution < -0.4 is 4.90 Å². The van der Waals surface area contributed by atoms with E-state index in [1.54, 1.807) is 11.0 Å². The zero-order valence-electron chi connectivity index (χ0n) is 14.7. The number of non-ortho nitro benzene ring substituents is 1. The van der Waals surface area contributed by atoms with Crippen molar-refractivity contribution in [1.82, 2.24) is 4.90 Å². The smallest absolute Gasteiger partial charge is 0.271 e. The molecular weight excluding hydrogens is 334 g/mol. The molecule has 1 atom stereocenters. The summed E-state index contributed by atoms with van der Waals surface area (Å²) in [6, 6.07) is 4.97. The number of fused-ring (bicyclic) bond motifs is 1. The molecule has 0 bridgehead atoms. The summed E-state index contributed by atoms with van der Waals surface area (Å²) in [6.07, 6.45) is 6.55. The molecule has 0 N–H and O–H groups in total. The molecule has 2 heterocycles. The Morgan fingerprint density at radius 1 is 1.19 bits per heavy atom. The molecule has 1 unspecified atom stereocenters. The first-order valence-electron chi connectivity index (χ1n) is 9.43. The summed E-state index contributed by atoms with van der Waals surface area (Å²) in [5.74, 6) is -0.334. The first-order valence-corrected chi connectivity index (χ1v) is 9.43. The van der Waals surface area contributed by atoms with E-state index in [0.29, 0.717) is 25.2 Å². The summed E-state index contributed by atoms with van der Waals surface area (Å²) >= 11 is 0. The van der Waals surface area contributed by atoms with Gasteiger partial charge in [0, 0.05) is 37.7 Å². The summed E-state index contributed by atoms with van der Waals surface area (Å²) in [5, 5.41) is 11.0. The summed E-state index contributed by atoms with van der Waals surface area (Å²) in [7, 11) is 0. The molecule has 7 heteroatoms.